The number of ether oxygens (including phenoxy) is 1. The lowest BCUT2D eigenvalue weighted by atomic mass is 9.78. The Morgan fingerprint density at radius 3 is 2.37 bits per heavy atom. The van der Waals surface area contributed by atoms with Gasteiger partial charge in [-0.05, 0) is 42.4 Å². The maximum atomic E-state index is 11.9. The van der Waals surface area contributed by atoms with Crippen molar-refractivity contribution in [3.8, 4) is 5.75 Å². The van der Waals surface area contributed by atoms with E-state index in [1.807, 2.05) is 54.6 Å². The maximum absolute atomic E-state index is 11.9. The Kier molecular flexibility index (Phi) is 6.88. The highest BCUT2D eigenvalue weighted by atomic mass is 16.5. The molecule has 0 bridgehead atoms. The topological polar surface area (TPSA) is 66.8 Å². The Hall–Kier alpha value is -2.33. The highest BCUT2D eigenvalue weighted by molar-refractivity contribution is 5.71. The molecule has 0 unspecified atom stereocenters. The van der Waals surface area contributed by atoms with Gasteiger partial charge < -0.3 is 14.9 Å². The van der Waals surface area contributed by atoms with Crippen molar-refractivity contribution in [2.45, 2.75) is 51.2 Å². The lowest BCUT2D eigenvalue weighted by molar-refractivity contribution is -0.147. The number of para-hydroxylation sites is 1. The third-order valence-electron chi connectivity index (χ3n) is 5.51. The first-order chi connectivity index (χ1) is 13.1. The monoisotopic (exact) mass is 368 g/mol. The molecule has 0 radical (unpaired) electrons. The van der Waals surface area contributed by atoms with Gasteiger partial charge in [0.1, 0.15) is 12.4 Å². The van der Waals surface area contributed by atoms with Crippen LogP contribution in [0.2, 0.25) is 0 Å². The quantitative estimate of drug-likeness (QED) is 0.722. The van der Waals surface area contributed by atoms with Crippen LogP contribution >= 0.6 is 0 Å². The molecule has 144 valence electrons. The van der Waals surface area contributed by atoms with Crippen LogP contribution in [0.4, 0.5) is 0 Å². The Morgan fingerprint density at radius 1 is 1.00 bits per heavy atom. The van der Waals surface area contributed by atoms with Gasteiger partial charge in [0, 0.05) is 0 Å². The molecule has 2 aromatic carbocycles. The smallest absolute Gasteiger partial charge is 0.309 e. The van der Waals surface area contributed by atoms with Crippen molar-refractivity contribution in [1.82, 2.24) is 0 Å². The standard InChI is InChI=1S/C23H28O4/c24-22(18-11-5-2-6-12-18)20(23(25)26)15-19-13-7-8-14-21(19)27-16-17-9-3-1-4-10-17/h1,3-4,7-10,13-14,18,20,22,24H,2,5-6,11-12,15-16H2,(H,25,26)/t20-,22-/m1/s1. The summed E-state index contributed by atoms with van der Waals surface area (Å²) in [5.41, 5.74) is 1.89. The fraction of sp³-hybridized carbons (Fsp3) is 0.435. The fourth-order valence-electron chi connectivity index (χ4n) is 3.94. The maximum Gasteiger partial charge on any atom is 0.309 e. The van der Waals surface area contributed by atoms with E-state index in [9.17, 15) is 15.0 Å². The van der Waals surface area contributed by atoms with E-state index in [1.165, 1.54) is 6.42 Å². The van der Waals surface area contributed by atoms with Gasteiger partial charge in [0.25, 0.3) is 0 Å². The zero-order valence-corrected chi connectivity index (χ0v) is 15.6. The second kappa shape index (κ2) is 9.56. The molecule has 1 aliphatic carbocycles. The molecule has 4 nitrogen and oxygen atoms in total. The molecule has 3 rings (SSSR count). The molecular weight excluding hydrogens is 340 g/mol. The van der Waals surface area contributed by atoms with Crippen molar-refractivity contribution in [2.75, 3.05) is 0 Å². The van der Waals surface area contributed by atoms with Crippen molar-refractivity contribution < 1.29 is 19.7 Å². The van der Waals surface area contributed by atoms with Gasteiger partial charge in [0.2, 0.25) is 0 Å². The van der Waals surface area contributed by atoms with E-state index in [0.29, 0.717) is 12.4 Å². The molecule has 27 heavy (non-hydrogen) atoms. The van der Waals surface area contributed by atoms with Gasteiger partial charge in [0.05, 0.1) is 12.0 Å². The van der Waals surface area contributed by atoms with E-state index in [0.717, 1.165) is 36.8 Å². The van der Waals surface area contributed by atoms with Crippen LogP contribution in [0.1, 0.15) is 43.2 Å². The minimum Gasteiger partial charge on any atom is -0.489 e. The van der Waals surface area contributed by atoms with Crippen LogP contribution < -0.4 is 4.74 Å². The van der Waals surface area contributed by atoms with Crippen molar-refractivity contribution >= 4 is 5.97 Å². The molecule has 0 saturated heterocycles. The number of hydrogen-bond acceptors (Lipinski definition) is 3. The Labute approximate surface area is 160 Å². The number of carbonyl (C=O) groups is 1. The fourth-order valence-corrected chi connectivity index (χ4v) is 3.94. The minimum atomic E-state index is -0.939. The first-order valence-electron chi connectivity index (χ1n) is 9.80. The predicted molar refractivity (Wildman–Crippen MR) is 105 cm³/mol. The second-order valence-electron chi connectivity index (χ2n) is 7.42. The van der Waals surface area contributed by atoms with Crippen LogP contribution in [0.3, 0.4) is 0 Å². The summed E-state index contributed by atoms with van der Waals surface area (Å²) >= 11 is 0. The summed E-state index contributed by atoms with van der Waals surface area (Å²) in [4.78, 5) is 11.9. The zero-order valence-electron chi connectivity index (χ0n) is 15.6. The minimum absolute atomic E-state index is 0.0808. The third kappa shape index (κ3) is 5.33. The van der Waals surface area contributed by atoms with Crippen LogP contribution in [0, 0.1) is 11.8 Å². The molecule has 2 N–H and O–H groups in total. The highest BCUT2D eigenvalue weighted by Crippen LogP contribution is 2.32. The summed E-state index contributed by atoms with van der Waals surface area (Å²) in [7, 11) is 0. The van der Waals surface area contributed by atoms with Crippen LogP contribution in [0.15, 0.2) is 54.6 Å². The SMILES string of the molecule is O=C(O)[C@H](Cc1ccccc1OCc1ccccc1)[C@H](O)C1CCCCC1. The number of hydrogen-bond donors (Lipinski definition) is 2. The third-order valence-corrected chi connectivity index (χ3v) is 5.51. The zero-order chi connectivity index (χ0) is 19.1. The van der Waals surface area contributed by atoms with Crippen LogP contribution in [-0.2, 0) is 17.8 Å². The molecule has 4 heteroatoms. The summed E-state index contributed by atoms with van der Waals surface area (Å²) < 4.78 is 5.95. The first kappa shape index (κ1) is 19.4. The van der Waals surface area contributed by atoms with Gasteiger partial charge in [0.15, 0.2) is 0 Å². The highest BCUT2D eigenvalue weighted by Gasteiger charge is 2.34. The number of benzene rings is 2. The summed E-state index contributed by atoms with van der Waals surface area (Å²) in [5, 5.41) is 20.5. The number of carboxylic acids is 1. The van der Waals surface area contributed by atoms with Gasteiger partial charge in [-0.1, -0.05) is 67.8 Å². The molecule has 0 aromatic heterocycles. The second-order valence-corrected chi connectivity index (χ2v) is 7.42. The molecule has 0 heterocycles. The van der Waals surface area contributed by atoms with Crippen molar-refractivity contribution in [2.24, 2.45) is 11.8 Å². The number of rotatable bonds is 8. The van der Waals surface area contributed by atoms with E-state index in [1.54, 1.807) is 0 Å². The largest absolute Gasteiger partial charge is 0.489 e. The molecule has 1 saturated carbocycles. The van der Waals surface area contributed by atoms with Crippen molar-refractivity contribution in [3.63, 3.8) is 0 Å². The molecule has 1 aliphatic rings. The number of aliphatic hydroxyl groups is 1. The summed E-state index contributed by atoms with van der Waals surface area (Å²) in [6, 6.07) is 17.4. The summed E-state index contributed by atoms with van der Waals surface area (Å²) in [6.07, 6.45) is 4.61. The van der Waals surface area contributed by atoms with Crippen LogP contribution in [-0.4, -0.2) is 22.3 Å². The molecule has 0 spiro atoms. The van der Waals surface area contributed by atoms with E-state index in [2.05, 4.69) is 0 Å². The normalized spacial score (nSPS) is 17.2. The summed E-state index contributed by atoms with van der Waals surface area (Å²) in [6.45, 7) is 0.431. The molecular formula is C23H28O4. The Balaban J connectivity index is 1.71. The molecule has 0 aliphatic heterocycles. The van der Waals surface area contributed by atoms with Crippen LogP contribution in [0.25, 0.3) is 0 Å². The number of carboxylic acid groups (broad SMARTS) is 1. The average molecular weight is 368 g/mol. The molecule has 2 atom stereocenters. The Morgan fingerprint density at radius 2 is 1.67 bits per heavy atom. The number of aliphatic hydroxyl groups excluding tert-OH is 1. The molecule has 2 aromatic rings. The van der Waals surface area contributed by atoms with Gasteiger partial charge >= 0.3 is 5.97 Å². The number of aliphatic carboxylic acids is 1. The Bertz CT molecular complexity index is 722. The van der Waals surface area contributed by atoms with E-state index >= 15 is 0 Å². The van der Waals surface area contributed by atoms with Crippen molar-refractivity contribution in [3.05, 3.63) is 65.7 Å². The predicted octanol–water partition coefficient (Wildman–Crippen LogP) is 4.45. The van der Waals surface area contributed by atoms with Crippen LogP contribution in [0.5, 0.6) is 5.75 Å². The van der Waals surface area contributed by atoms with E-state index < -0.39 is 18.0 Å². The van der Waals surface area contributed by atoms with Gasteiger partial charge in [-0.2, -0.15) is 0 Å². The van der Waals surface area contributed by atoms with Gasteiger partial charge in [-0.25, -0.2) is 0 Å². The average Bonchev–Trinajstić information content (AvgIpc) is 2.72. The lowest BCUT2D eigenvalue weighted by Crippen LogP contribution is -2.37. The first-order valence-corrected chi connectivity index (χ1v) is 9.80. The van der Waals surface area contributed by atoms with Gasteiger partial charge in [-0.3, -0.25) is 4.79 Å². The van der Waals surface area contributed by atoms with E-state index in [4.69, 9.17) is 4.74 Å². The lowest BCUT2D eigenvalue weighted by Gasteiger charge is -2.30. The van der Waals surface area contributed by atoms with E-state index in [-0.39, 0.29) is 12.3 Å². The summed E-state index contributed by atoms with van der Waals surface area (Å²) in [5.74, 6) is -0.985. The molecule has 0 amide bonds. The van der Waals surface area contributed by atoms with Crippen molar-refractivity contribution in [1.29, 1.82) is 0 Å². The molecule has 1 fully saturated rings. The van der Waals surface area contributed by atoms with Gasteiger partial charge in [-0.15, -0.1) is 0 Å².